The molecule has 3 aromatic rings. The van der Waals surface area contributed by atoms with Crippen LogP contribution in [0.2, 0.25) is 0 Å². The molecule has 1 aromatic carbocycles. The Labute approximate surface area is 127 Å². The molecule has 4 N–H and O–H groups in total. The zero-order valence-electron chi connectivity index (χ0n) is 11.8. The average molecular weight is 299 g/mol. The molecule has 0 fully saturated rings. The number of nitrogens with two attached hydrogens (primary N) is 1. The van der Waals surface area contributed by atoms with Crippen molar-refractivity contribution < 1.29 is 0 Å². The van der Waals surface area contributed by atoms with Gasteiger partial charge in [0.05, 0.1) is 5.39 Å². The highest BCUT2D eigenvalue weighted by Crippen LogP contribution is 2.26. The van der Waals surface area contributed by atoms with E-state index in [1.54, 1.807) is 11.3 Å². The van der Waals surface area contributed by atoms with Crippen LogP contribution >= 0.6 is 11.3 Å². The second-order valence-electron chi connectivity index (χ2n) is 4.85. The minimum Gasteiger partial charge on any atom is -0.369 e. The zero-order valence-corrected chi connectivity index (χ0v) is 12.6. The lowest BCUT2D eigenvalue weighted by Gasteiger charge is -2.09. The Morgan fingerprint density at radius 1 is 1.24 bits per heavy atom. The summed E-state index contributed by atoms with van der Waals surface area (Å²) in [5, 5.41) is 6.41. The van der Waals surface area contributed by atoms with E-state index in [-0.39, 0.29) is 0 Å². The predicted octanol–water partition coefficient (Wildman–Crippen LogP) is 2.94. The molecule has 2 aromatic heterocycles. The van der Waals surface area contributed by atoms with Gasteiger partial charge in [-0.3, -0.25) is 5.43 Å². The molecular weight excluding hydrogens is 282 g/mol. The first-order valence-corrected chi connectivity index (χ1v) is 7.65. The van der Waals surface area contributed by atoms with Crippen LogP contribution in [0.4, 0.5) is 11.8 Å². The van der Waals surface area contributed by atoms with Gasteiger partial charge in [0.1, 0.15) is 10.6 Å². The smallest absolute Gasteiger partial charge is 0.240 e. The number of aromatic nitrogens is 2. The number of thiophene rings is 1. The fourth-order valence-electron chi connectivity index (χ4n) is 2.25. The maximum Gasteiger partial charge on any atom is 0.240 e. The van der Waals surface area contributed by atoms with Gasteiger partial charge in [0.25, 0.3) is 0 Å². The van der Waals surface area contributed by atoms with Crippen molar-refractivity contribution in [1.82, 2.24) is 9.97 Å². The Balaban J connectivity index is 1.74. The minimum atomic E-state index is 0.433. The Morgan fingerprint density at radius 2 is 2.14 bits per heavy atom. The molecule has 108 valence electrons. The van der Waals surface area contributed by atoms with E-state index in [0.29, 0.717) is 5.95 Å². The number of fused-ring (bicyclic) bond motifs is 1. The van der Waals surface area contributed by atoms with Crippen LogP contribution in [0.25, 0.3) is 10.2 Å². The van der Waals surface area contributed by atoms with Crippen molar-refractivity contribution in [2.45, 2.75) is 13.3 Å². The van der Waals surface area contributed by atoms with Crippen LogP contribution in [0, 0.1) is 6.92 Å². The zero-order chi connectivity index (χ0) is 14.7. The topological polar surface area (TPSA) is 75.9 Å². The second kappa shape index (κ2) is 6.07. The van der Waals surface area contributed by atoms with E-state index in [4.69, 9.17) is 5.84 Å². The fraction of sp³-hybridized carbons (Fsp3) is 0.200. The molecule has 3 rings (SSSR count). The highest BCUT2D eigenvalue weighted by molar-refractivity contribution is 7.16. The van der Waals surface area contributed by atoms with Crippen molar-refractivity contribution in [1.29, 1.82) is 0 Å². The molecule has 6 heteroatoms. The third-order valence-electron chi connectivity index (χ3n) is 3.24. The van der Waals surface area contributed by atoms with Crippen LogP contribution in [0.3, 0.4) is 0 Å². The summed E-state index contributed by atoms with van der Waals surface area (Å²) in [6.45, 7) is 2.92. The van der Waals surface area contributed by atoms with Crippen LogP contribution in [0.15, 0.2) is 35.7 Å². The average Bonchev–Trinajstić information content (AvgIpc) is 2.95. The maximum absolute atomic E-state index is 5.42. The van der Waals surface area contributed by atoms with Gasteiger partial charge >= 0.3 is 0 Å². The normalized spacial score (nSPS) is 10.8. The molecule has 5 nitrogen and oxygen atoms in total. The van der Waals surface area contributed by atoms with Gasteiger partial charge in [0.15, 0.2) is 0 Å². The highest BCUT2D eigenvalue weighted by Gasteiger charge is 2.07. The molecule has 0 unspecified atom stereocenters. The molecule has 0 saturated carbocycles. The van der Waals surface area contributed by atoms with Gasteiger partial charge in [-0.05, 0) is 30.4 Å². The molecule has 0 aliphatic rings. The summed E-state index contributed by atoms with van der Waals surface area (Å²) in [5.41, 5.74) is 5.11. The van der Waals surface area contributed by atoms with Gasteiger partial charge in [0, 0.05) is 6.54 Å². The molecule has 0 bridgehead atoms. The van der Waals surface area contributed by atoms with Gasteiger partial charge in [0.2, 0.25) is 5.95 Å². The van der Waals surface area contributed by atoms with E-state index in [2.05, 4.69) is 51.9 Å². The fourth-order valence-corrected chi connectivity index (χ4v) is 3.01. The highest BCUT2D eigenvalue weighted by atomic mass is 32.1. The Morgan fingerprint density at radius 3 is 2.95 bits per heavy atom. The molecular formula is C15H17N5S. The number of benzene rings is 1. The molecule has 0 amide bonds. The number of nitrogen functional groups attached to an aromatic ring is 1. The molecule has 0 saturated heterocycles. The number of nitrogens with one attached hydrogen (secondary N) is 2. The van der Waals surface area contributed by atoms with Crippen molar-refractivity contribution in [3.63, 3.8) is 0 Å². The molecule has 0 aliphatic carbocycles. The first kappa shape index (κ1) is 13.8. The van der Waals surface area contributed by atoms with E-state index < -0.39 is 0 Å². The van der Waals surface area contributed by atoms with Gasteiger partial charge in [-0.2, -0.15) is 4.98 Å². The molecule has 21 heavy (non-hydrogen) atoms. The van der Waals surface area contributed by atoms with Gasteiger partial charge in [-0.25, -0.2) is 10.8 Å². The first-order chi connectivity index (χ1) is 10.3. The largest absolute Gasteiger partial charge is 0.369 e. The number of hydrogen-bond acceptors (Lipinski definition) is 6. The van der Waals surface area contributed by atoms with E-state index in [1.165, 1.54) is 11.1 Å². The quantitative estimate of drug-likeness (QED) is 0.499. The van der Waals surface area contributed by atoms with E-state index in [9.17, 15) is 0 Å². The number of aryl methyl sites for hydroxylation is 1. The number of anilines is 2. The van der Waals surface area contributed by atoms with E-state index >= 15 is 0 Å². The number of hydrogen-bond donors (Lipinski definition) is 3. The minimum absolute atomic E-state index is 0.433. The molecule has 2 heterocycles. The van der Waals surface area contributed by atoms with Crippen LogP contribution < -0.4 is 16.6 Å². The van der Waals surface area contributed by atoms with Crippen molar-refractivity contribution in [3.8, 4) is 0 Å². The third kappa shape index (κ3) is 3.12. The van der Waals surface area contributed by atoms with Crippen LogP contribution in [0.5, 0.6) is 0 Å². The lowest BCUT2D eigenvalue weighted by molar-refractivity contribution is 1.00. The summed E-state index contributed by atoms with van der Waals surface area (Å²) in [6, 6.07) is 10.6. The summed E-state index contributed by atoms with van der Waals surface area (Å²) < 4.78 is 0. The lowest BCUT2D eigenvalue weighted by atomic mass is 10.1. The van der Waals surface area contributed by atoms with Crippen molar-refractivity contribution in [2.24, 2.45) is 5.84 Å². The molecule has 0 aliphatic heterocycles. The SMILES string of the molecule is Cc1cccc(CCNc2nc(NN)nc3sccc23)c1. The standard InChI is InChI=1S/C15H17N5S/c1-10-3-2-4-11(9-10)5-7-17-13-12-6-8-21-14(12)19-15(18-13)20-16/h2-4,6,8-9H,5,7,16H2,1H3,(H2,17,18,19,20). The monoisotopic (exact) mass is 299 g/mol. The van der Waals surface area contributed by atoms with Crippen molar-refractivity contribution in [2.75, 3.05) is 17.3 Å². The van der Waals surface area contributed by atoms with E-state index in [0.717, 1.165) is 29.0 Å². The summed E-state index contributed by atoms with van der Waals surface area (Å²) in [6.07, 6.45) is 0.947. The van der Waals surface area contributed by atoms with Crippen molar-refractivity contribution in [3.05, 3.63) is 46.8 Å². The van der Waals surface area contributed by atoms with Crippen molar-refractivity contribution >= 4 is 33.3 Å². The number of hydrazine groups is 1. The summed E-state index contributed by atoms with van der Waals surface area (Å²) in [5.74, 6) is 6.67. The Hall–Kier alpha value is -2.18. The van der Waals surface area contributed by atoms with Crippen LogP contribution in [0.1, 0.15) is 11.1 Å². The maximum atomic E-state index is 5.42. The molecule has 0 atom stereocenters. The summed E-state index contributed by atoms with van der Waals surface area (Å²) in [4.78, 5) is 9.64. The van der Waals surface area contributed by atoms with Gasteiger partial charge < -0.3 is 5.32 Å². The number of rotatable bonds is 5. The summed E-state index contributed by atoms with van der Waals surface area (Å²) >= 11 is 1.58. The third-order valence-corrected chi connectivity index (χ3v) is 4.05. The van der Waals surface area contributed by atoms with Crippen LogP contribution in [-0.4, -0.2) is 16.5 Å². The van der Waals surface area contributed by atoms with E-state index in [1.807, 2.05) is 11.4 Å². The van der Waals surface area contributed by atoms with Gasteiger partial charge in [-0.15, -0.1) is 11.3 Å². The number of nitrogens with zero attached hydrogens (tertiary/aromatic N) is 2. The first-order valence-electron chi connectivity index (χ1n) is 6.77. The summed E-state index contributed by atoms with van der Waals surface area (Å²) in [7, 11) is 0. The van der Waals surface area contributed by atoms with Crippen LogP contribution in [-0.2, 0) is 6.42 Å². The Bertz CT molecular complexity index is 753. The Kier molecular flexibility index (Phi) is 3.98. The van der Waals surface area contributed by atoms with Gasteiger partial charge in [-0.1, -0.05) is 29.8 Å². The molecule has 0 radical (unpaired) electrons. The second-order valence-corrected chi connectivity index (χ2v) is 5.74. The lowest BCUT2D eigenvalue weighted by Crippen LogP contribution is -2.13. The predicted molar refractivity (Wildman–Crippen MR) is 88.6 cm³/mol. The molecule has 0 spiro atoms.